The van der Waals surface area contributed by atoms with Gasteiger partial charge in [-0.25, -0.2) is 4.79 Å². The molecule has 4 heteroatoms. The Kier molecular flexibility index (Phi) is 5.62. The average Bonchev–Trinajstić information content (AvgIpc) is 2.54. The number of carbonyl (C=O) groups is 2. The van der Waals surface area contributed by atoms with Crippen molar-refractivity contribution in [1.29, 1.82) is 0 Å². The standard InChI is InChI=1S/C21H24O4/c1-14(2)24-20(23)21(4,5)25-18-11-9-16(10-12-18)19(22)17-8-6-7-15(3)13-17/h6-14H,1-5H3. The quantitative estimate of drug-likeness (QED) is 0.580. The van der Waals surface area contributed by atoms with Gasteiger partial charge in [0.25, 0.3) is 0 Å². The number of hydrogen-bond donors (Lipinski definition) is 0. The topological polar surface area (TPSA) is 52.6 Å². The predicted octanol–water partition coefficient (Wildman–Crippen LogP) is 4.34. The van der Waals surface area contributed by atoms with Crippen molar-refractivity contribution in [2.24, 2.45) is 0 Å². The highest BCUT2D eigenvalue weighted by Gasteiger charge is 2.32. The van der Waals surface area contributed by atoms with Crippen LogP contribution in [0.4, 0.5) is 0 Å². The van der Waals surface area contributed by atoms with Crippen molar-refractivity contribution in [2.75, 3.05) is 0 Å². The molecule has 25 heavy (non-hydrogen) atoms. The zero-order chi connectivity index (χ0) is 18.6. The van der Waals surface area contributed by atoms with Crippen LogP contribution in [0.2, 0.25) is 0 Å². The second-order valence-corrected chi connectivity index (χ2v) is 6.79. The molecular formula is C21H24O4. The summed E-state index contributed by atoms with van der Waals surface area (Å²) in [5.74, 6) is 0.0302. The fraction of sp³-hybridized carbons (Fsp3) is 0.333. The van der Waals surface area contributed by atoms with Crippen LogP contribution in [0.15, 0.2) is 48.5 Å². The van der Waals surface area contributed by atoms with Crippen molar-refractivity contribution >= 4 is 11.8 Å². The van der Waals surface area contributed by atoms with E-state index in [0.717, 1.165) is 5.56 Å². The summed E-state index contributed by atoms with van der Waals surface area (Å²) in [4.78, 5) is 24.6. The molecule has 0 atom stereocenters. The number of rotatable bonds is 6. The van der Waals surface area contributed by atoms with Crippen LogP contribution in [-0.4, -0.2) is 23.5 Å². The Labute approximate surface area is 148 Å². The maximum atomic E-state index is 12.5. The Morgan fingerprint density at radius 1 is 0.960 bits per heavy atom. The summed E-state index contributed by atoms with van der Waals surface area (Å²) in [6.07, 6.45) is -0.204. The number of esters is 1. The van der Waals surface area contributed by atoms with Gasteiger partial charge >= 0.3 is 5.97 Å². The molecule has 2 rings (SSSR count). The van der Waals surface area contributed by atoms with E-state index in [0.29, 0.717) is 16.9 Å². The second kappa shape index (κ2) is 7.51. The van der Waals surface area contributed by atoms with E-state index >= 15 is 0 Å². The zero-order valence-corrected chi connectivity index (χ0v) is 15.3. The Morgan fingerprint density at radius 3 is 2.16 bits per heavy atom. The molecule has 4 nitrogen and oxygen atoms in total. The summed E-state index contributed by atoms with van der Waals surface area (Å²) >= 11 is 0. The van der Waals surface area contributed by atoms with Crippen LogP contribution in [0, 0.1) is 6.92 Å². The van der Waals surface area contributed by atoms with Gasteiger partial charge in [0.1, 0.15) is 5.75 Å². The van der Waals surface area contributed by atoms with Crippen LogP contribution in [0.5, 0.6) is 5.75 Å². The van der Waals surface area contributed by atoms with Gasteiger partial charge in [-0.3, -0.25) is 4.79 Å². The SMILES string of the molecule is Cc1cccc(C(=O)c2ccc(OC(C)(C)C(=O)OC(C)C)cc2)c1. The lowest BCUT2D eigenvalue weighted by Gasteiger charge is -2.25. The number of ketones is 1. The molecule has 0 saturated carbocycles. The third kappa shape index (κ3) is 4.92. The molecule has 2 aromatic rings. The molecule has 0 fully saturated rings. The first-order valence-electron chi connectivity index (χ1n) is 8.30. The minimum Gasteiger partial charge on any atom is -0.476 e. The van der Waals surface area contributed by atoms with E-state index in [1.165, 1.54) is 0 Å². The molecule has 0 unspecified atom stereocenters. The highest BCUT2D eigenvalue weighted by atomic mass is 16.6. The van der Waals surface area contributed by atoms with Crippen LogP contribution in [-0.2, 0) is 9.53 Å². The summed E-state index contributed by atoms with van der Waals surface area (Å²) in [5, 5.41) is 0. The highest BCUT2D eigenvalue weighted by Crippen LogP contribution is 2.22. The largest absolute Gasteiger partial charge is 0.476 e. The maximum Gasteiger partial charge on any atom is 0.350 e. The Balaban J connectivity index is 2.12. The van der Waals surface area contributed by atoms with E-state index in [4.69, 9.17) is 9.47 Å². The van der Waals surface area contributed by atoms with Gasteiger partial charge in [0, 0.05) is 11.1 Å². The van der Waals surface area contributed by atoms with Gasteiger partial charge < -0.3 is 9.47 Å². The lowest BCUT2D eigenvalue weighted by Crippen LogP contribution is -2.40. The Morgan fingerprint density at radius 2 is 1.60 bits per heavy atom. The van der Waals surface area contributed by atoms with Gasteiger partial charge in [0.2, 0.25) is 0 Å². The fourth-order valence-corrected chi connectivity index (χ4v) is 2.32. The molecule has 0 aliphatic carbocycles. The van der Waals surface area contributed by atoms with Crippen LogP contribution < -0.4 is 4.74 Å². The molecule has 132 valence electrons. The number of aryl methyl sites for hydroxylation is 1. The van der Waals surface area contributed by atoms with E-state index in [1.807, 2.05) is 25.1 Å². The fourth-order valence-electron chi connectivity index (χ4n) is 2.32. The van der Waals surface area contributed by atoms with E-state index in [-0.39, 0.29) is 11.9 Å². The first kappa shape index (κ1) is 18.7. The second-order valence-electron chi connectivity index (χ2n) is 6.79. The maximum absolute atomic E-state index is 12.5. The number of hydrogen-bond acceptors (Lipinski definition) is 4. The summed E-state index contributed by atoms with van der Waals surface area (Å²) in [6.45, 7) is 8.85. The molecule has 2 aromatic carbocycles. The third-order valence-corrected chi connectivity index (χ3v) is 3.60. The van der Waals surface area contributed by atoms with Gasteiger partial charge in [-0.1, -0.05) is 23.8 Å². The highest BCUT2D eigenvalue weighted by molar-refractivity contribution is 6.09. The van der Waals surface area contributed by atoms with Crippen molar-refractivity contribution in [1.82, 2.24) is 0 Å². The molecular weight excluding hydrogens is 316 g/mol. The molecule has 0 heterocycles. The molecule has 0 radical (unpaired) electrons. The van der Waals surface area contributed by atoms with E-state index in [9.17, 15) is 9.59 Å². The van der Waals surface area contributed by atoms with Crippen LogP contribution in [0.1, 0.15) is 49.2 Å². The summed E-state index contributed by atoms with van der Waals surface area (Å²) in [6, 6.07) is 14.2. The van der Waals surface area contributed by atoms with Gasteiger partial charge in [-0.2, -0.15) is 0 Å². The van der Waals surface area contributed by atoms with Crippen molar-refractivity contribution in [3.63, 3.8) is 0 Å². The van der Waals surface area contributed by atoms with Crippen molar-refractivity contribution in [3.05, 3.63) is 65.2 Å². The van der Waals surface area contributed by atoms with E-state index in [1.54, 1.807) is 58.0 Å². The molecule has 0 aliphatic heterocycles. The first-order chi connectivity index (χ1) is 11.7. The zero-order valence-electron chi connectivity index (χ0n) is 15.3. The van der Waals surface area contributed by atoms with Gasteiger partial charge in [0.15, 0.2) is 11.4 Å². The molecule has 0 aliphatic rings. The van der Waals surface area contributed by atoms with Crippen molar-refractivity contribution in [2.45, 2.75) is 46.3 Å². The molecule has 0 bridgehead atoms. The van der Waals surface area contributed by atoms with Crippen LogP contribution >= 0.6 is 0 Å². The summed E-state index contributed by atoms with van der Waals surface area (Å²) < 4.78 is 10.9. The lowest BCUT2D eigenvalue weighted by atomic mass is 10.0. The van der Waals surface area contributed by atoms with E-state index < -0.39 is 11.6 Å². The van der Waals surface area contributed by atoms with Gasteiger partial charge in [0.05, 0.1) is 6.10 Å². The number of carbonyl (C=O) groups excluding carboxylic acids is 2. The predicted molar refractivity (Wildman–Crippen MR) is 97.0 cm³/mol. The average molecular weight is 340 g/mol. The summed E-state index contributed by atoms with van der Waals surface area (Å²) in [5.41, 5.74) is 1.15. The monoisotopic (exact) mass is 340 g/mol. The third-order valence-electron chi connectivity index (χ3n) is 3.60. The van der Waals surface area contributed by atoms with Crippen molar-refractivity contribution < 1.29 is 19.1 Å². The number of ether oxygens (including phenoxy) is 2. The minimum absolute atomic E-state index is 0.0475. The van der Waals surface area contributed by atoms with Crippen LogP contribution in [0.3, 0.4) is 0 Å². The molecule has 0 aromatic heterocycles. The Hall–Kier alpha value is -2.62. The normalized spacial score (nSPS) is 11.3. The molecule has 0 amide bonds. The van der Waals surface area contributed by atoms with Gasteiger partial charge in [-0.15, -0.1) is 0 Å². The molecule has 0 spiro atoms. The lowest BCUT2D eigenvalue weighted by molar-refractivity contribution is -0.163. The van der Waals surface area contributed by atoms with Crippen molar-refractivity contribution in [3.8, 4) is 5.75 Å². The Bertz CT molecular complexity index is 758. The minimum atomic E-state index is -1.10. The smallest absolute Gasteiger partial charge is 0.350 e. The van der Waals surface area contributed by atoms with Gasteiger partial charge in [-0.05, 0) is 65.0 Å². The molecule has 0 saturated heterocycles. The molecule has 0 N–H and O–H groups in total. The van der Waals surface area contributed by atoms with E-state index in [2.05, 4.69) is 0 Å². The first-order valence-corrected chi connectivity index (χ1v) is 8.30. The summed E-state index contributed by atoms with van der Waals surface area (Å²) in [7, 11) is 0. The number of benzene rings is 2. The van der Waals surface area contributed by atoms with Crippen LogP contribution in [0.25, 0.3) is 0 Å².